The highest BCUT2D eigenvalue weighted by molar-refractivity contribution is 9.10. The molecule has 2 aromatic carbocycles. The van der Waals surface area contributed by atoms with Gasteiger partial charge in [0, 0.05) is 16.2 Å². The highest BCUT2D eigenvalue weighted by Crippen LogP contribution is 2.18. The minimum Gasteiger partial charge on any atom is -0.398 e. The van der Waals surface area contributed by atoms with Crippen LogP contribution in [-0.4, -0.2) is 11.9 Å². The van der Waals surface area contributed by atoms with E-state index in [-0.39, 0.29) is 11.9 Å². The minimum absolute atomic E-state index is 0.0936. The van der Waals surface area contributed by atoms with Gasteiger partial charge in [-0.2, -0.15) is 0 Å². The number of hydrogen-bond acceptors (Lipinski definition) is 2. The second-order valence-electron chi connectivity index (χ2n) is 5.13. The van der Waals surface area contributed by atoms with Gasteiger partial charge in [0.15, 0.2) is 0 Å². The standard InChI is InChI=1S/C17H19BrN2O/c1-12(7-8-13-5-3-2-4-6-13)20-17(21)15-11-14(18)9-10-16(15)19/h2-6,9-12H,7-8,19H2,1H3,(H,20,21). The summed E-state index contributed by atoms with van der Waals surface area (Å²) in [6.07, 6.45) is 1.83. The number of nitrogens with one attached hydrogen (secondary N) is 1. The van der Waals surface area contributed by atoms with E-state index in [9.17, 15) is 4.79 Å². The van der Waals surface area contributed by atoms with Gasteiger partial charge in [-0.1, -0.05) is 46.3 Å². The first-order chi connectivity index (χ1) is 10.1. The fraction of sp³-hybridized carbons (Fsp3) is 0.235. The van der Waals surface area contributed by atoms with Crippen molar-refractivity contribution in [3.8, 4) is 0 Å². The van der Waals surface area contributed by atoms with Crippen molar-refractivity contribution in [3.05, 3.63) is 64.1 Å². The molecule has 21 heavy (non-hydrogen) atoms. The molecule has 0 spiro atoms. The predicted octanol–water partition coefficient (Wildman–Crippen LogP) is 3.78. The lowest BCUT2D eigenvalue weighted by Crippen LogP contribution is -2.33. The summed E-state index contributed by atoms with van der Waals surface area (Å²) in [5.74, 6) is -0.130. The van der Waals surface area contributed by atoms with Crippen molar-refractivity contribution in [3.63, 3.8) is 0 Å². The number of carbonyl (C=O) groups excluding carboxylic acids is 1. The highest BCUT2D eigenvalue weighted by atomic mass is 79.9. The molecular weight excluding hydrogens is 328 g/mol. The Morgan fingerprint density at radius 2 is 1.95 bits per heavy atom. The Morgan fingerprint density at radius 3 is 2.67 bits per heavy atom. The molecule has 0 fully saturated rings. The average molecular weight is 347 g/mol. The molecule has 1 amide bonds. The van der Waals surface area contributed by atoms with Gasteiger partial charge in [-0.3, -0.25) is 4.79 Å². The lowest BCUT2D eigenvalue weighted by Gasteiger charge is -2.15. The number of benzene rings is 2. The Morgan fingerprint density at radius 1 is 1.24 bits per heavy atom. The van der Waals surface area contributed by atoms with Crippen molar-refractivity contribution in [2.75, 3.05) is 5.73 Å². The van der Waals surface area contributed by atoms with Crippen LogP contribution < -0.4 is 11.1 Å². The van der Waals surface area contributed by atoms with Crippen molar-refractivity contribution in [1.29, 1.82) is 0 Å². The number of nitrogens with two attached hydrogens (primary N) is 1. The van der Waals surface area contributed by atoms with Crippen molar-refractivity contribution in [1.82, 2.24) is 5.32 Å². The van der Waals surface area contributed by atoms with E-state index < -0.39 is 0 Å². The number of halogens is 1. The molecule has 3 N–H and O–H groups in total. The zero-order chi connectivity index (χ0) is 15.2. The van der Waals surface area contributed by atoms with E-state index in [1.807, 2.05) is 31.2 Å². The number of rotatable bonds is 5. The summed E-state index contributed by atoms with van der Waals surface area (Å²) in [6, 6.07) is 15.7. The molecule has 0 aliphatic heterocycles. The summed E-state index contributed by atoms with van der Waals surface area (Å²) in [5, 5.41) is 2.99. The molecule has 2 aromatic rings. The number of anilines is 1. The van der Waals surface area contributed by atoms with Crippen LogP contribution in [0.5, 0.6) is 0 Å². The topological polar surface area (TPSA) is 55.1 Å². The van der Waals surface area contributed by atoms with Crippen LogP contribution in [-0.2, 0) is 6.42 Å². The third-order valence-electron chi connectivity index (χ3n) is 3.35. The maximum atomic E-state index is 12.2. The van der Waals surface area contributed by atoms with Crippen LogP contribution >= 0.6 is 15.9 Å². The first kappa shape index (κ1) is 15.6. The summed E-state index contributed by atoms with van der Waals surface area (Å²) in [5.41, 5.74) is 8.13. The van der Waals surface area contributed by atoms with E-state index in [1.165, 1.54) is 5.56 Å². The maximum Gasteiger partial charge on any atom is 0.253 e. The van der Waals surface area contributed by atoms with Crippen molar-refractivity contribution < 1.29 is 4.79 Å². The third-order valence-corrected chi connectivity index (χ3v) is 3.84. The van der Waals surface area contributed by atoms with E-state index in [1.54, 1.807) is 12.1 Å². The molecule has 1 unspecified atom stereocenters. The lowest BCUT2D eigenvalue weighted by molar-refractivity contribution is 0.0939. The predicted molar refractivity (Wildman–Crippen MR) is 90.2 cm³/mol. The molecule has 0 bridgehead atoms. The van der Waals surface area contributed by atoms with Crippen LogP contribution in [0.15, 0.2) is 53.0 Å². The molecule has 4 heteroatoms. The molecule has 0 aliphatic rings. The molecule has 110 valence electrons. The van der Waals surface area contributed by atoms with Crippen LogP contribution in [0, 0.1) is 0 Å². The molecule has 0 radical (unpaired) electrons. The van der Waals surface area contributed by atoms with E-state index in [0.717, 1.165) is 17.3 Å². The Hall–Kier alpha value is -1.81. The summed E-state index contributed by atoms with van der Waals surface area (Å²) in [6.45, 7) is 2.01. The van der Waals surface area contributed by atoms with E-state index in [4.69, 9.17) is 5.73 Å². The van der Waals surface area contributed by atoms with Gasteiger partial charge in [0.1, 0.15) is 0 Å². The number of aryl methyl sites for hydroxylation is 1. The van der Waals surface area contributed by atoms with Crippen LogP contribution in [0.1, 0.15) is 29.3 Å². The van der Waals surface area contributed by atoms with Gasteiger partial charge in [-0.15, -0.1) is 0 Å². The molecule has 0 saturated heterocycles. The Kier molecular flexibility index (Phi) is 5.39. The van der Waals surface area contributed by atoms with Crippen LogP contribution in [0.25, 0.3) is 0 Å². The number of hydrogen-bond donors (Lipinski definition) is 2. The molecular formula is C17H19BrN2O. The molecule has 0 aliphatic carbocycles. The third kappa shape index (κ3) is 4.60. The average Bonchev–Trinajstić information content (AvgIpc) is 2.48. The summed E-state index contributed by atoms with van der Waals surface area (Å²) >= 11 is 3.36. The lowest BCUT2D eigenvalue weighted by atomic mass is 10.1. The Labute approximate surface area is 133 Å². The monoisotopic (exact) mass is 346 g/mol. The fourth-order valence-corrected chi connectivity index (χ4v) is 2.49. The van der Waals surface area contributed by atoms with Crippen LogP contribution in [0.2, 0.25) is 0 Å². The van der Waals surface area contributed by atoms with E-state index >= 15 is 0 Å². The number of carbonyl (C=O) groups is 1. The first-order valence-corrected chi connectivity index (χ1v) is 7.75. The fourth-order valence-electron chi connectivity index (χ4n) is 2.13. The number of nitrogen functional groups attached to an aromatic ring is 1. The smallest absolute Gasteiger partial charge is 0.253 e. The highest BCUT2D eigenvalue weighted by Gasteiger charge is 2.13. The second kappa shape index (κ2) is 7.27. The van der Waals surface area contributed by atoms with Gasteiger partial charge in [0.05, 0.1) is 5.56 Å². The van der Waals surface area contributed by atoms with Gasteiger partial charge >= 0.3 is 0 Å². The quantitative estimate of drug-likeness (QED) is 0.809. The molecule has 1 atom stereocenters. The zero-order valence-electron chi connectivity index (χ0n) is 12.0. The van der Waals surface area contributed by atoms with Gasteiger partial charge < -0.3 is 11.1 Å². The largest absolute Gasteiger partial charge is 0.398 e. The molecule has 0 heterocycles. The van der Waals surface area contributed by atoms with Crippen molar-refractivity contribution in [2.24, 2.45) is 0 Å². The van der Waals surface area contributed by atoms with Gasteiger partial charge in [-0.05, 0) is 43.5 Å². The summed E-state index contributed by atoms with van der Waals surface area (Å²) < 4.78 is 0.846. The van der Waals surface area contributed by atoms with Crippen LogP contribution in [0.4, 0.5) is 5.69 Å². The Balaban J connectivity index is 1.91. The van der Waals surface area contributed by atoms with Crippen molar-refractivity contribution in [2.45, 2.75) is 25.8 Å². The second-order valence-corrected chi connectivity index (χ2v) is 6.05. The first-order valence-electron chi connectivity index (χ1n) is 6.96. The molecule has 2 rings (SSSR count). The van der Waals surface area contributed by atoms with Gasteiger partial charge in [0.2, 0.25) is 0 Å². The Bertz CT molecular complexity index is 613. The summed E-state index contributed by atoms with van der Waals surface area (Å²) in [4.78, 5) is 12.2. The summed E-state index contributed by atoms with van der Waals surface area (Å²) in [7, 11) is 0. The SMILES string of the molecule is CC(CCc1ccccc1)NC(=O)c1cc(Br)ccc1N. The maximum absolute atomic E-state index is 12.2. The van der Waals surface area contributed by atoms with Crippen LogP contribution in [0.3, 0.4) is 0 Å². The van der Waals surface area contributed by atoms with E-state index in [2.05, 4.69) is 33.4 Å². The number of amides is 1. The van der Waals surface area contributed by atoms with E-state index in [0.29, 0.717) is 11.3 Å². The minimum atomic E-state index is -0.130. The molecule has 3 nitrogen and oxygen atoms in total. The zero-order valence-corrected chi connectivity index (χ0v) is 13.6. The normalized spacial score (nSPS) is 11.9. The van der Waals surface area contributed by atoms with Gasteiger partial charge in [0.25, 0.3) is 5.91 Å². The molecule has 0 saturated carbocycles. The van der Waals surface area contributed by atoms with Crippen molar-refractivity contribution >= 4 is 27.5 Å². The molecule has 0 aromatic heterocycles. The van der Waals surface area contributed by atoms with Gasteiger partial charge in [-0.25, -0.2) is 0 Å².